The fourth-order valence-corrected chi connectivity index (χ4v) is 1.54. The van der Waals surface area contributed by atoms with Gasteiger partial charge in [-0.15, -0.1) is 11.6 Å². The van der Waals surface area contributed by atoms with E-state index >= 15 is 0 Å². The molecule has 0 heterocycles. The molecule has 1 rings (SSSR count). The van der Waals surface area contributed by atoms with Gasteiger partial charge >= 0.3 is 6.09 Å². The summed E-state index contributed by atoms with van der Waals surface area (Å²) in [6, 6.07) is 9.29. The molecule has 104 valence electrons. The fraction of sp³-hybridized carbons (Fsp3) is 0.385. The molecule has 0 aromatic heterocycles. The van der Waals surface area contributed by atoms with Gasteiger partial charge < -0.3 is 14.8 Å². The van der Waals surface area contributed by atoms with E-state index in [0.29, 0.717) is 0 Å². The maximum atomic E-state index is 11.4. The van der Waals surface area contributed by atoms with E-state index in [1.165, 1.54) is 7.11 Å². The number of carbonyl (C=O) groups is 2. The smallest absolute Gasteiger partial charge is 0.407 e. The number of ether oxygens (including phenoxy) is 2. The first kappa shape index (κ1) is 15.5. The molecule has 1 atom stereocenters. The number of benzene rings is 1. The van der Waals surface area contributed by atoms with Crippen molar-refractivity contribution in [3.05, 3.63) is 35.9 Å². The molecule has 0 spiro atoms. The number of hydrogen-bond acceptors (Lipinski definition) is 4. The summed E-state index contributed by atoms with van der Waals surface area (Å²) in [6.07, 6.45) is -1.35. The average molecular weight is 286 g/mol. The van der Waals surface area contributed by atoms with Gasteiger partial charge in [-0.1, -0.05) is 30.3 Å². The van der Waals surface area contributed by atoms with Crippen LogP contribution in [0.3, 0.4) is 0 Å². The van der Waals surface area contributed by atoms with E-state index in [2.05, 4.69) is 5.32 Å². The fourth-order valence-electron chi connectivity index (χ4n) is 1.36. The van der Waals surface area contributed by atoms with Gasteiger partial charge in [-0.2, -0.15) is 0 Å². The van der Waals surface area contributed by atoms with Crippen LogP contribution in [-0.2, 0) is 20.9 Å². The minimum absolute atomic E-state index is 0.0374. The molecule has 0 saturated heterocycles. The van der Waals surface area contributed by atoms with Gasteiger partial charge in [0, 0.05) is 7.11 Å². The summed E-state index contributed by atoms with van der Waals surface area (Å²) in [4.78, 5) is 22.7. The molecule has 1 amide bonds. The number of alkyl halides is 1. The molecule has 5 nitrogen and oxygen atoms in total. The number of alkyl carbamates (subject to hydrolysis) is 1. The third-order valence-electron chi connectivity index (χ3n) is 2.42. The minimum Gasteiger partial charge on any atom is -0.445 e. The van der Waals surface area contributed by atoms with Gasteiger partial charge in [0.1, 0.15) is 12.7 Å². The van der Waals surface area contributed by atoms with E-state index in [4.69, 9.17) is 21.1 Å². The molecule has 0 fully saturated rings. The second kappa shape index (κ2) is 8.50. The van der Waals surface area contributed by atoms with Gasteiger partial charge in [0.05, 0.1) is 12.4 Å². The molecule has 0 radical (unpaired) electrons. The second-order valence-corrected chi connectivity index (χ2v) is 4.03. The van der Waals surface area contributed by atoms with E-state index in [-0.39, 0.29) is 24.8 Å². The predicted octanol–water partition coefficient (Wildman–Crippen LogP) is 1.74. The Morgan fingerprint density at radius 3 is 2.58 bits per heavy atom. The van der Waals surface area contributed by atoms with E-state index in [1.54, 1.807) is 0 Å². The van der Waals surface area contributed by atoms with Crippen molar-refractivity contribution in [1.82, 2.24) is 5.32 Å². The highest BCUT2D eigenvalue weighted by atomic mass is 35.5. The molecular weight excluding hydrogens is 270 g/mol. The lowest BCUT2D eigenvalue weighted by molar-refractivity contribution is -0.125. The summed E-state index contributed by atoms with van der Waals surface area (Å²) >= 11 is 5.41. The Morgan fingerprint density at radius 1 is 1.32 bits per heavy atom. The topological polar surface area (TPSA) is 64.6 Å². The maximum absolute atomic E-state index is 11.4. The Morgan fingerprint density at radius 2 is 2.00 bits per heavy atom. The highest BCUT2D eigenvalue weighted by molar-refractivity contribution is 6.28. The number of methoxy groups -OCH3 is 1. The highest BCUT2D eigenvalue weighted by Crippen LogP contribution is 2.00. The zero-order valence-corrected chi connectivity index (χ0v) is 11.4. The Kier molecular flexibility index (Phi) is 6.92. The van der Waals surface area contributed by atoms with Crippen molar-refractivity contribution in [2.24, 2.45) is 0 Å². The van der Waals surface area contributed by atoms with Gasteiger partial charge in [-0.05, 0) is 5.56 Å². The van der Waals surface area contributed by atoms with Crippen LogP contribution >= 0.6 is 11.6 Å². The first-order valence-corrected chi connectivity index (χ1v) is 6.27. The van der Waals surface area contributed by atoms with E-state index in [0.717, 1.165) is 5.56 Å². The number of hydrogen-bond donors (Lipinski definition) is 1. The Balaban J connectivity index is 2.29. The molecule has 1 aromatic rings. The lowest BCUT2D eigenvalue weighted by Crippen LogP contribution is -2.38. The zero-order chi connectivity index (χ0) is 14.1. The zero-order valence-electron chi connectivity index (χ0n) is 10.6. The number of rotatable bonds is 7. The highest BCUT2D eigenvalue weighted by Gasteiger charge is 2.17. The van der Waals surface area contributed by atoms with Crippen molar-refractivity contribution in [2.75, 3.05) is 19.5 Å². The number of amides is 1. The van der Waals surface area contributed by atoms with Gasteiger partial charge in [0.25, 0.3) is 0 Å². The standard InChI is InChI=1S/C13H16ClNO4/c1-18-12(11(16)7-14)8-15-13(17)19-9-10-5-3-2-4-6-10/h2-6,12H,7-9H2,1H3,(H,15,17). The van der Waals surface area contributed by atoms with E-state index in [1.807, 2.05) is 30.3 Å². The molecule has 1 aromatic carbocycles. The maximum Gasteiger partial charge on any atom is 0.407 e. The Labute approximate surface area is 116 Å². The molecule has 0 aliphatic carbocycles. The van der Waals surface area contributed by atoms with Gasteiger partial charge in [0.15, 0.2) is 5.78 Å². The van der Waals surface area contributed by atoms with Crippen molar-refractivity contribution in [1.29, 1.82) is 0 Å². The Hall–Kier alpha value is -1.59. The number of Topliss-reactive ketones (excluding diaryl/α,β-unsaturated/α-hetero) is 1. The first-order valence-electron chi connectivity index (χ1n) is 5.73. The summed E-state index contributed by atoms with van der Waals surface area (Å²) in [6.45, 7) is 0.212. The normalized spacial score (nSPS) is 11.7. The van der Waals surface area contributed by atoms with Crippen LogP contribution in [0, 0.1) is 0 Å². The number of halogens is 1. The van der Waals surface area contributed by atoms with E-state index in [9.17, 15) is 9.59 Å². The van der Waals surface area contributed by atoms with Gasteiger partial charge in [0.2, 0.25) is 0 Å². The quantitative estimate of drug-likeness (QED) is 0.775. The summed E-state index contributed by atoms with van der Waals surface area (Å²) in [7, 11) is 1.38. The van der Waals surface area contributed by atoms with Gasteiger partial charge in [-0.25, -0.2) is 4.79 Å². The third-order valence-corrected chi connectivity index (χ3v) is 2.68. The number of carbonyl (C=O) groups excluding carboxylic acids is 2. The number of nitrogens with one attached hydrogen (secondary N) is 1. The van der Waals surface area contributed by atoms with Crippen LogP contribution in [0.1, 0.15) is 5.56 Å². The third kappa shape index (κ3) is 5.72. The first-order chi connectivity index (χ1) is 9.17. The molecular formula is C13H16ClNO4. The second-order valence-electron chi connectivity index (χ2n) is 3.77. The SMILES string of the molecule is COC(CNC(=O)OCc1ccccc1)C(=O)CCl. The van der Waals surface area contributed by atoms with Crippen LogP contribution in [0.4, 0.5) is 4.79 Å². The lowest BCUT2D eigenvalue weighted by atomic mass is 10.2. The molecule has 6 heteroatoms. The predicted molar refractivity (Wildman–Crippen MR) is 71.2 cm³/mol. The Bertz CT molecular complexity index is 410. The van der Waals surface area contributed by atoms with Crippen molar-refractivity contribution >= 4 is 23.5 Å². The van der Waals surface area contributed by atoms with Crippen LogP contribution in [0.5, 0.6) is 0 Å². The van der Waals surface area contributed by atoms with E-state index < -0.39 is 12.2 Å². The molecule has 0 saturated carbocycles. The molecule has 19 heavy (non-hydrogen) atoms. The lowest BCUT2D eigenvalue weighted by Gasteiger charge is -2.13. The molecule has 1 unspecified atom stereocenters. The number of ketones is 1. The van der Waals surface area contributed by atoms with Crippen molar-refractivity contribution < 1.29 is 19.1 Å². The summed E-state index contributed by atoms with van der Waals surface area (Å²) in [5, 5.41) is 2.45. The summed E-state index contributed by atoms with van der Waals surface area (Å²) < 4.78 is 9.90. The van der Waals surface area contributed by atoms with Crippen LogP contribution in [0.15, 0.2) is 30.3 Å². The van der Waals surface area contributed by atoms with Crippen LogP contribution in [0.25, 0.3) is 0 Å². The van der Waals surface area contributed by atoms with Crippen molar-refractivity contribution in [3.63, 3.8) is 0 Å². The van der Waals surface area contributed by atoms with Crippen LogP contribution in [-0.4, -0.2) is 37.5 Å². The monoisotopic (exact) mass is 285 g/mol. The minimum atomic E-state index is -0.748. The molecule has 0 bridgehead atoms. The van der Waals surface area contributed by atoms with Crippen LogP contribution < -0.4 is 5.32 Å². The van der Waals surface area contributed by atoms with Crippen molar-refractivity contribution in [3.8, 4) is 0 Å². The van der Waals surface area contributed by atoms with Gasteiger partial charge in [-0.3, -0.25) is 4.79 Å². The van der Waals surface area contributed by atoms with Crippen LogP contribution in [0.2, 0.25) is 0 Å². The average Bonchev–Trinajstić information content (AvgIpc) is 2.46. The summed E-state index contributed by atoms with van der Waals surface area (Å²) in [5.41, 5.74) is 0.887. The largest absolute Gasteiger partial charge is 0.445 e. The molecule has 0 aliphatic rings. The molecule has 1 N–H and O–H groups in total. The van der Waals surface area contributed by atoms with Crippen molar-refractivity contribution in [2.45, 2.75) is 12.7 Å². The molecule has 0 aliphatic heterocycles. The summed E-state index contributed by atoms with van der Waals surface area (Å²) in [5.74, 6) is -0.438.